The van der Waals surface area contributed by atoms with Crippen molar-refractivity contribution in [3.8, 4) is 0 Å². The SMILES string of the molecule is O=C(O)CC1(CS(=O)(=O)CCn2ccccc2=O)CC1. The third kappa shape index (κ3) is 3.93. The molecule has 2 rings (SSSR count). The second kappa shape index (κ2) is 5.40. The van der Waals surface area contributed by atoms with Gasteiger partial charge >= 0.3 is 5.97 Å². The largest absolute Gasteiger partial charge is 0.481 e. The van der Waals surface area contributed by atoms with Crippen molar-refractivity contribution in [2.24, 2.45) is 5.41 Å². The molecule has 1 aromatic heterocycles. The first kappa shape index (κ1) is 14.8. The van der Waals surface area contributed by atoms with Crippen LogP contribution < -0.4 is 5.56 Å². The van der Waals surface area contributed by atoms with E-state index in [1.165, 1.54) is 10.6 Å². The van der Waals surface area contributed by atoms with Crippen LogP contribution in [0.1, 0.15) is 19.3 Å². The molecule has 0 aromatic carbocycles. The van der Waals surface area contributed by atoms with Gasteiger partial charge in [0, 0.05) is 18.8 Å². The van der Waals surface area contributed by atoms with E-state index in [1.54, 1.807) is 18.3 Å². The molecule has 0 amide bonds. The molecule has 0 radical (unpaired) electrons. The van der Waals surface area contributed by atoms with E-state index in [2.05, 4.69) is 0 Å². The molecule has 1 heterocycles. The Morgan fingerprint density at radius 1 is 1.35 bits per heavy atom. The minimum Gasteiger partial charge on any atom is -0.481 e. The Labute approximate surface area is 117 Å². The summed E-state index contributed by atoms with van der Waals surface area (Å²) >= 11 is 0. The van der Waals surface area contributed by atoms with Crippen molar-refractivity contribution in [1.82, 2.24) is 4.57 Å². The number of pyridine rings is 1. The standard InChI is InChI=1S/C13H17NO5S/c15-11-3-1-2-6-14(11)7-8-20(18,19)10-13(4-5-13)9-12(16)17/h1-3,6H,4-5,7-10H2,(H,16,17). The lowest BCUT2D eigenvalue weighted by Gasteiger charge is -2.13. The van der Waals surface area contributed by atoms with E-state index in [4.69, 9.17) is 5.11 Å². The summed E-state index contributed by atoms with van der Waals surface area (Å²) < 4.78 is 25.4. The molecule has 0 bridgehead atoms. The molecule has 110 valence electrons. The summed E-state index contributed by atoms with van der Waals surface area (Å²) in [6.07, 6.45) is 2.73. The van der Waals surface area contributed by atoms with Crippen LogP contribution in [0.4, 0.5) is 0 Å². The molecule has 1 saturated carbocycles. The highest BCUT2D eigenvalue weighted by atomic mass is 32.2. The van der Waals surface area contributed by atoms with Crippen LogP contribution >= 0.6 is 0 Å². The van der Waals surface area contributed by atoms with Gasteiger partial charge in [-0.15, -0.1) is 0 Å². The third-order valence-electron chi connectivity index (χ3n) is 3.55. The maximum Gasteiger partial charge on any atom is 0.303 e. The van der Waals surface area contributed by atoms with Crippen LogP contribution in [0, 0.1) is 5.41 Å². The molecule has 0 saturated heterocycles. The van der Waals surface area contributed by atoms with E-state index in [0.29, 0.717) is 12.8 Å². The predicted octanol–water partition coefficient (Wildman–Crippen LogP) is 0.518. The number of nitrogens with zero attached hydrogens (tertiary/aromatic N) is 1. The van der Waals surface area contributed by atoms with Gasteiger partial charge in [-0.3, -0.25) is 9.59 Å². The Bertz CT molecular complexity index is 657. The van der Waals surface area contributed by atoms with E-state index in [9.17, 15) is 18.0 Å². The molecule has 0 atom stereocenters. The number of carboxylic acid groups (broad SMARTS) is 1. The summed E-state index contributed by atoms with van der Waals surface area (Å²) in [7, 11) is -3.36. The summed E-state index contributed by atoms with van der Waals surface area (Å²) in [5, 5.41) is 8.79. The zero-order valence-corrected chi connectivity index (χ0v) is 11.8. The molecule has 1 aliphatic carbocycles. The smallest absolute Gasteiger partial charge is 0.303 e. The Morgan fingerprint density at radius 3 is 2.60 bits per heavy atom. The highest BCUT2D eigenvalue weighted by molar-refractivity contribution is 7.91. The first-order valence-corrected chi connectivity index (χ1v) is 8.22. The van der Waals surface area contributed by atoms with Gasteiger partial charge in [-0.1, -0.05) is 6.07 Å². The molecule has 0 spiro atoms. The monoisotopic (exact) mass is 299 g/mol. The topological polar surface area (TPSA) is 93.4 Å². The minimum atomic E-state index is -3.36. The van der Waals surface area contributed by atoms with Crippen LogP contribution in [0.3, 0.4) is 0 Å². The summed E-state index contributed by atoms with van der Waals surface area (Å²) in [6.45, 7) is 0.102. The van der Waals surface area contributed by atoms with Gasteiger partial charge in [-0.25, -0.2) is 8.42 Å². The average Bonchev–Trinajstić information content (AvgIpc) is 3.05. The highest BCUT2D eigenvalue weighted by Gasteiger charge is 2.47. The van der Waals surface area contributed by atoms with Crippen molar-refractivity contribution in [3.05, 3.63) is 34.7 Å². The summed E-state index contributed by atoms with van der Waals surface area (Å²) in [5.74, 6) is -1.21. The second-order valence-electron chi connectivity index (χ2n) is 5.39. The first-order chi connectivity index (χ1) is 9.32. The van der Waals surface area contributed by atoms with Crippen LogP contribution in [-0.2, 0) is 21.2 Å². The molecule has 1 aromatic rings. The average molecular weight is 299 g/mol. The second-order valence-corrected chi connectivity index (χ2v) is 7.58. The molecular weight excluding hydrogens is 282 g/mol. The van der Waals surface area contributed by atoms with Gasteiger partial charge in [-0.2, -0.15) is 0 Å². The summed E-state index contributed by atoms with van der Waals surface area (Å²) in [4.78, 5) is 22.2. The molecule has 0 unspecified atom stereocenters. The van der Waals surface area contributed by atoms with Crippen molar-refractivity contribution in [1.29, 1.82) is 0 Å². The van der Waals surface area contributed by atoms with Crippen molar-refractivity contribution >= 4 is 15.8 Å². The third-order valence-corrected chi connectivity index (χ3v) is 5.41. The number of rotatable bonds is 7. The van der Waals surface area contributed by atoms with Gasteiger partial charge in [0.15, 0.2) is 9.84 Å². The number of aliphatic carboxylic acids is 1. The van der Waals surface area contributed by atoms with Crippen LogP contribution in [-0.4, -0.2) is 35.6 Å². The van der Waals surface area contributed by atoms with Gasteiger partial charge in [0.2, 0.25) is 0 Å². The molecule has 6 nitrogen and oxygen atoms in total. The van der Waals surface area contributed by atoms with Gasteiger partial charge in [0.05, 0.1) is 17.9 Å². The Kier molecular flexibility index (Phi) is 3.99. The van der Waals surface area contributed by atoms with Gasteiger partial charge in [0.25, 0.3) is 5.56 Å². The quantitative estimate of drug-likeness (QED) is 0.792. The number of carboxylic acids is 1. The number of carbonyl (C=O) groups is 1. The first-order valence-electron chi connectivity index (χ1n) is 6.40. The van der Waals surface area contributed by atoms with E-state index in [1.807, 2.05) is 0 Å². The van der Waals surface area contributed by atoms with E-state index in [0.717, 1.165) is 0 Å². The van der Waals surface area contributed by atoms with E-state index in [-0.39, 0.29) is 30.0 Å². The zero-order chi connectivity index (χ0) is 14.8. The molecule has 1 N–H and O–H groups in total. The molecular formula is C13H17NO5S. The summed E-state index contributed by atoms with van der Waals surface area (Å²) in [6, 6.07) is 4.64. The van der Waals surface area contributed by atoms with Gasteiger partial charge < -0.3 is 9.67 Å². The van der Waals surface area contributed by atoms with E-state index >= 15 is 0 Å². The van der Waals surface area contributed by atoms with Crippen molar-refractivity contribution in [2.75, 3.05) is 11.5 Å². The Hall–Kier alpha value is -1.63. The maximum atomic E-state index is 12.0. The molecule has 7 heteroatoms. The van der Waals surface area contributed by atoms with Crippen LogP contribution in [0.25, 0.3) is 0 Å². The fourth-order valence-electron chi connectivity index (χ4n) is 2.29. The van der Waals surface area contributed by atoms with Crippen LogP contribution in [0.2, 0.25) is 0 Å². The Balaban J connectivity index is 1.97. The molecule has 0 aliphatic heterocycles. The molecule has 1 aliphatic rings. The van der Waals surface area contributed by atoms with Crippen molar-refractivity contribution < 1.29 is 18.3 Å². The number of hydrogen-bond donors (Lipinski definition) is 1. The predicted molar refractivity (Wildman–Crippen MR) is 73.3 cm³/mol. The fourth-order valence-corrected chi connectivity index (χ4v) is 4.23. The van der Waals surface area contributed by atoms with Crippen molar-refractivity contribution in [2.45, 2.75) is 25.8 Å². The lowest BCUT2D eigenvalue weighted by atomic mass is 10.1. The fraction of sp³-hybridized carbons (Fsp3) is 0.538. The van der Waals surface area contributed by atoms with Gasteiger partial charge in [-0.05, 0) is 24.3 Å². The number of aryl methyl sites for hydroxylation is 1. The minimum absolute atomic E-state index is 0.0997. The maximum absolute atomic E-state index is 12.0. The molecule has 20 heavy (non-hydrogen) atoms. The van der Waals surface area contributed by atoms with Crippen LogP contribution in [0.5, 0.6) is 0 Å². The van der Waals surface area contributed by atoms with Crippen molar-refractivity contribution in [3.63, 3.8) is 0 Å². The Morgan fingerprint density at radius 2 is 2.05 bits per heavy atom. The van der Waals surface area contributed by atoms with Crippen LogP contribution in [0.15, 0.2) is 29.2 Å². The lowest BCUT2D eigenvalue weighted by molar-refractivity contribution is -0.138. The number of sulfone groups is 1. The molecule has 1 fully saturated rings. The number of hydrogen-bond acceptors (Lipinski definition) is 4. The highest BCUT2D eigenvalue weighted by Crippen LogP contribution is 2.49. The number of aromatic nitrogens is 1. The lowest BCUT2D eigenvalue weighted by Crippen LogP contribution is -2.27. The summed E-state index contributed by atoms with van der Waals surface area (Å²) in [5.41, 5.74) is -0.818. The van der Waals surface area contributed by atoms with E-state index < -0.39 is 21.2 Å². The zero-order valence-electron chi connectivity index (χ0n) is 11.0. The van der Waals surface area contributed by atoms with Gasteiger partial charge in [0.1, 0.15) is 0 Å². The normalized spacial score (nSPS) is 16.8.